The Bertz CT molecular complexity index is 791. The number of sulfonamides is 1. The van der Waals surface area contributed by atoms with Gasteiger partial charge in [-0.3, -0.25) is 4.98 Å². The lowest BCUT2D eigenvalue weighted by atomic mass is 9.76. The maximum atomic E-state index is 13.0. The zero-order valence-electron chi connectivity index (χ0n) is 13.7. The van der Waals surface area contributed by atoms with Gasteiger partial charge in [-0.25, -0.2) is 17.5 Å². The van der Waals surface area contributed by atoms with E-state index in [0.717, 1.165) is 5.69 Å². The lowest BCUT2D eigenvalue weighted by Gasteiger charge is -2.37. The topological polar surface area (TPSA) is 79.3 Å². The Kier molecular flexibility index (Phi) is 5.46. The number of aromatic nitrogens is 1. The van der Waals surface area contributed by atoms with Crippen LogP contribution in [-0.4, -0.2) is 30.7 Å². The zero-order valence-corrected chi connectivity index (χ0v) is 14.5. The molecule has 5 nitrogen and oxygen atoms in total. The molecule has 0 amide bonds. The smallest absolute Gasteiger partial charge is 0.216 e. The van der Waals surface area contributed by atoms with E-state index >= 15 is 0 Å². The maximum absolute atomic E-state index is 13.0. The second-order valence-corrected chi connectivity index (χ2v) is 8.27. The number of hydrogen-bond acceptors (Lipinski definition) is 4. The molecule has 1 fully saturated rings. The van der Waals surface area contributed by atoms with Gasteiger partial charge in [-0.1, -0.05) is 18.2 Å². The molecule has 134 valence electrons. The summed E-state index contributed by atoms with van der Waals surface area (Å²) >= 11 is 0. The highest BCUT2D eigenvalue weighted by molar-refractivity contribution is 7.88. The molecule has 2 aromatic rings. The summed E-state index contributed by atoms with van der Waals surface area (Å²) in [5, 5.41) is 9.56. The highest BCUT2D eigenvalue weighted by Gasteiger charge is 2.36. The van der Waals surface area contributed by atoms with Crippen molar-refractivity contribution in [3.63, 3.8) is 0 Å². The van der Waals surface area contributed by atoms with E-state index in [-0.39, 0.29) is 23.8 Å². The highest BCUT2D eigenvalue weighted by atomic mass is 32.2. The fourth-order valence-electron chi connectivity index (χ4n) is 3.08. The summed E-state index contributed by atoms with van der Waals surface area (Å²) in [6.45, 7) is 0. The molecular weight excluding hydrogens is 343 g/mol. The number of pyridine rings is 1. The first-order valence-electron chi connectivity index (χ1n) is 8.24. The van der Waals surface area contributed by atoms with Gasteiger partial charge in [0.25, 0.3) is 0 Å². The number of nitrogens with one attached hydrogen (secondary N) is 1. The van der Waals surface area contributed by atoms with Gasteiger partial charge >= 0.3 is 0 Å². The lowest BCUT2D eigenvalue weighted by Crippen LogP contribution is -2.48. The third-order valence-corrected chi connectivity index (χ3v) is 5.85. The number of nitrogens with zero attached hydrogens (tertiary/aromatic N) is 1. The molecule has 1 aliphatic rings. The van der Waals surface area contributed by atoms with Gasteiger partial charge in [0, 0.05) is 24.4 Å². The van der Waals surface area contributed by atoms with Crippen LogP contribution in [0.4, 0.5) is 4.39 Å². The van der Waals surface area contributed by atoms with E-state index in [9.17, 15) is 17.9 Å². The number of rotatable bonds is 7. The molecule has 7 heteroatoms. The highest BCUT2D eigenvalue weighted by Crippen LogP contribution is 2.32. The van der Waals surface area contributed by atoms with Crippen molar-refractivity contribution >= 4 is 10.0 Å². The van der Waals surface area contributed by atoms with Gasteiger partial charge in [-0.15, -0.1) is 0 Å². The summed E-state index contributed by atoms with van der Waals surface area (Å²) in [5.74, 6) is -0.521. The quantitative estimate of drug-likeness (QED) is 0.788. The summed E-state index contributed by atoms with van der Waals surface area (Å²) in [6.07, 6.45) is 2.95. The molecule has 1 aromatic carbocycles. The average Bonchev–Trinajstić information content (AvgIpc) is 2.54. The van der Waals surface area contributed by atoms with Crippen LogP contribution in [-0.2, 0) is 22.2 Å². The third kappa shape index (κ3) is 5.07. The Morgan fingerprint density at radius 3 is 2.52 bits per heavy atom. The first-order chi connectivity index (χ1) is 11.9. The average molecular weight is 364 g/mol. The summed E-state index contributed by atoms with van der Waals surface area (Å²) in [7, 11) is -3.59. The van der Waals surface area contributed by atoms with Gasteiger partial charge < -0.3 is 5.11 Å². The predicted molar refractivity (Wildman–Crippen MR) is 92.6 cm³/mol. The molecule has 0 aliphatic heterocycles. The Balaban J connectivity index is 1.70. The largest absolute Gasteiger partial charge is 0.393 e. The van der Waals surface area contributed by atoms with Crippen LogP contribution in [0.3, 0.4) is 0 Å². The third-order valence-electron chi connectivity index (χ3n) is 4.47. The van der Waals surface area contributed by atoms with Crippen molar-refractivity contribution in [3.8, 4) is 0 Å². The van der Waals surface area contributed by atoms with Crippen LogP contribution in [0.15, 0.2) is 48.7 Å². The molecular formula is C18H21FN2O3S. The van der Waals surface area contributed by atoms with E-state index in [2.05, 4.69) is 9.71 Å². The van der Waals surface area contributed by atoms with Crippen LogP contribution in [0.25, 0.3) is 0 Å². The Morgan fingerprint density at radius 2 is 1.92 bits per heavy atom. The second-order valence-electron chi connectivity index (χ2n) is 6.52. The molecule has 0 spiro atoms. The van der Waals surface area contributed by atoms with Crippen molar-refractivity contribution in [3.05, 3.63) is 65.7 Å². The predicted octanol–water partition coefficient (Wildman–Crippen LogP) is 2.02. The second kappa shape index (κ2) is 7.59. The van der Waals surface area contributed by atoms with Crippen LogP contribution in [0.1, 0.15) is 24.1 Å². The molecule has 0 bridgehead atoms. The van der Waals surface area contributed by atoms with E-state index < -0.39 is 15.8 Å². The molecule has 1 atom stereocenters. The summed E-state index contributed by atoms with van der Waals surface area (Å²) in [6, 6.07) is 10.6. The van der Waals surface area contributed by atoms with Crippen molar-refractivity contribution < 1.29 is 17.9 Å². The molecule has 1 aromatic heterocycles. The first-order valence-corrected chi connectivity index (χ1v) is 9.89. The minimum atomic E-state index is -3.59. The van der Waals surface area contributed by atoms with Gasteiger partial charge in [-0.05, 0) is 48.6 Å². The van der Waals surface area contributed by atoms with Crippen LogP contribution in [0.5, 0.6) is 0 Å². The fraction of sp³-hybridized carbons (Fsp3) is 0.389. The van der Waals surface area contributed by atoms with Gasteiger partial charge in [-0.2, -0.15) is 0 Å². The minimum Gasteiger partial charge on any atom is -0.393 e. The molecule has 1 unspecified atom stereocenters. The van der Waals surface area contributed by atoms with Crippen molar-refractivity contribution in [1.29, 1.82) is 0 Å². The van der Waals surface area contributed by atoms with Crippen molar-refractivity contribution in [2.24, 2.45) is 5.92 Å². The number of halogens is 1. The Hall–Kier alpha value is -1.83. The van der Waals surface area contributed by atoms with Gasteiger partial charge in [0.15, 0.2) is 0 Å². The van der Waals surface area contributed by atoms with E-state index in [1.54, 1.807) is 6.20 Å². The summed E-state index contributed by atoms with van der Waals surface area (Å²) < 4.78 is 40.8. The number of aliphatic hydroxyl groups is 1. The zero-order chi connectivity index (χ0) is 17.9. The van der Waals surface area contributed by atoms with E-state index in [4.69, 9.17) is 0 Å². The summed E-state index contributed by atoms with van der Waals surface area (Å²) in [4.78, 5) is 4.26. The SMILES string of the molecule is O=S(=O)(Cc1ccc(F)cc1)NC(Cc1ccccn1)C1CC(O)C1. The molecule has 1 aliphatic carbocycles. The normalized spacial score (nSPS) is 21.5. The van der Waals surface area contributed by atoms with Gasteiger partial charge in [0.05, 0.1) is 11.9 Å². The van der Waals surface area contributed by atoms with Crippen molar-refractivity contribution in [2.75, 3.05) is 0 Å². The summed E-state index contributed by atoms with van der Waals surface area (Å²) in [5.41, 5.74) is 1.33. The molecule has 25 heavy (non-hydrogen) atoms. The number of benzene rings is 1. The Morgan fingerprint density at radius 1 is 1.20 bits per heavy atom. The van der Waals surface area contributed by atoms with Crippen molar-refractivity contribution in [1.82, 2.24) is 9.71 Å². The molecule has 2 N–H and O–H groups in total. The fourth-order valence-corrected chi connectivity index (χ4v) is 4.53. The van der Waals surface area contributed by atoms with E-state index in [1.807, 2.05) is 18.2 Å². The maximum Gasteiger partial charge on any atom is 0.216 e. The number of aliphatic hydroxyl groups excluding tert-OH is 1. The van der Waals surface area contributed by atoms with E-state index in [1.165, 1.54) is 24.3 Å². The Labute approximate surface area is 147 Å². The number of hydrogen-bond donors (Lipinski definition) is 2. The molecule has 0 saturated heterocycles. The van der Waals surface area contributed by atoms with Crippen LogP contribution in [0.2, 0.25) is 0 Å². The van der Waals surface area contributed by atoms with Crippen LogP contribution < -0.4 is 4.72 Å². The van der Waals surface area contributed by atoms with Gasteiger partial charge in [0.1, 0.15) is 5.82 Å². The van der Waals surface area contributed by atoms with Crippen molar-refractivity contribution in [2.45, 2.75) is 37.2 Å². The lowest BCUT2D eigenvalue weighted by molar-refractivity contribution is 0.0282. The van der Waals surface area contributed by atoms with Crippen LogP contribution >= 0.6 is 0 Å². The molecule has 0 radical (unpaired) electrons. The monoisotopic (exact) mass is 364 g/mol. The van der Waals surface area contributed by atoms with Crippen LogP contribution in [0, 0.1) is 11.7 Å². The molecule has 1 saturated carbocycles. The minimum absolute atomic E-state index is 0.0833. The standard InChI is InChI=1S/C18H21FN2O3S/c19-15-6-4-13(5-7-15)12-25(23,24)21-18(14-9-17(22)10-14)11-16-3-1-2-8-20-16/h1-8,14,17-18,21-22H,9-12H2. The van der Waals surface area contributed by atoms with Gasteiger partial charge in [0.2, 0.25) is 10.0 Å². The van der Waals surface area contributed by atoms with E-state index in [0.29, 0.717) is 24.8 Å². The molecule has 1 heterocycles. The first kappa shape index (κ1) is 18.0. The molecule has 3 rings (SSSR count).